The second-order valence-corrected chi connectivity index (χ2v) is 7.47. The first-order valence-corrected chi connectivity index (χ1v) is 8.70. The molecule has 23 heavy (non-hydrogen) atoms. The number of ether oxygens (including phenoxy) is 2. The van der Waals surface area contributed by atoms with Crippen LogP contribution in [0.4, 0.5) is 0 Å². The van der Waals surface area contributed by atoms with Gasteiger partial charge in [0.25, 0.3) is 0 Å². The number of hydrogen-bond acceptors (Lipinski definition) is 3. The maximum atomic E-state index is 12.9. The summed E-state index contributed by atoms with van der Waals surface area (Å²) in [5, 5.41) is 0. The second-order valence-electron chi connectivity index (χ2n) is 7.47. The Labute approximate surface area is 137 Å². The van der Waals surface area contributed by atoms with Crippen molar-refractivity contribution in [2.45, 2.75) is 57.7 Å². The number of benzene rings is 1. The summed E-state index contributed by atoms with van der Waals surface area (Å²) in [6, 6.07) is 8.29. The monoisotopic (exact) mass is 312 g/mol. The lowest BCUT2D eigenvalue weighted by Crippen LogP contribution is -2.48. The molecule has 1 saturated carbocycles. The van der Waals surface area contributed by atoms with Crippen molar-refractivity contribution in [2.75, 3.05) is 0 Å². The minimum absolute atomic E-state index is 0.0788. The SMILES string of the molecule is C=C1C[C@]2(C[C@@H]3CCCC[C@H]3OC2=O)[C@H](c2ccc(C)cc2)O1. The summed E-state index contributed by atoms with van der Waals surface area (Å²) in [7, 11) is 0. The zero-order valence-corrected chi connectivity index (χ0v) is 13.7. The molecule has 4 atom stereocenters. The highest BCUT2D eigenvalue weighted by atomic mass is 16.6. The van der Waals surface area contributed by atoms with E-state index in [-0.39, 0.29) is 18.2 Å². The van der Waals surface area contributed by atoms with Crippen LogP contribution in [-0.4, -0.2) is 12.1 Å². The van der Waals surface area contributed by atoms with E-state index in [0.717, 1.165) is 24.8 Å². The highest BCUT2D eigenvalue weighted by Gasteiger charge is 2.59. The quantitative estimate of drug-likeness (QED) is 0.718. The van der Waals surface area contributed by atoms with E-state index in [0.29, 0.717) is 18.1 Å². The molecule has 2 heterocycles. The Bertz CT molecular complexity index is 633. The number of aryl methyl sites for hydroxylation is 1. The van der Waals surface area contributed by atoms with Crippen LogP contribution in [0.2, 0.25) is 0 Å². The number of hydrogen-bond donors (Lipinski definition) is 0. The van der Waals surface area contributed by atoms with E-state index in [1.807, 2.05) is 0 Å². The van der Waals surface area contributed by atoms with E-state index < -0.39 is 5.41 Å². The first-order valence-electron chi connectivity index (χ1n) is 8.70. The minimum atomic E-state index is -0.579. The fourth-order valence-electron chi connectivity index (χ4n) is 4.62. The number of esters is 1. The lowest BCUT2D eigenvalue weighted by Gasteiger charge is -2.44. The molecule has 0 radical (unpaired) electrons. The topological polar surface area (TPSA) is 35.5 Å². The molecule has 4 rings (SSSR count). The molecule has 1 aromatic rings. The van der Waals surface area contributed by atoms with Crippen LogP contribution in [0, 0.1) is 18.3 Å². The molecule has 3 nitrogen and oxygen atoms in total. The Balaban J connectivity index is 1.70. The van der Waals surface area contributed by atoms with Gasteiger partial charge in [0.1, 0.15) is 17.6 Å². The van der Waals surface area contributed by atoms with Crippen LogP contribution >= 0.6 is 0 Å². The predicted octanol–water partition coefficient (Wildman–Crippen LogP) is 4.46. The van der Waals surface area contributed by atoms with Crippen molar-refractivity contribution in [3.63, 3.8) is 0 Å². The van der Waals surface area contributed by atoms with Crippen molar-refractivity contribution in [1.29, 1.82) is 0 Å². The van der Waals surface area contributed by atoms with Crippen molar-refractivity contribution in [1.82, 2.24) is 0 Å². The van der Waals surface area contributed by atoms with Gasteiger partial charge in [0.05, 0.1) is 5.76 Å². The number of carbonyl (C=O) groups is 1. The Morgan fingerprint density at radius 1 is 1.13 bits per heavy atom. The largest absolute Gasteiger partial charge is 0.489 e. The number of rotatable bonds is 1. The van der Waals surface area contributed by atoms with E-state index in [1.54, 1.807) is 0 Å². The summed E-state index contributed by atoms with van der Waals surface area (Å²) < 4.78 is 11.9. The van der Waals surface area contributed by atoms with Crippen molar-refractivity contribution >= 4 is 5.97 Å². The Kier molecular flexibility index (Phi) is 3.47. The van der Waals surface area contributed by atoms with Gasteiger partial charge in [-0.15, -0.1) is 0 Å². The van der Waals surface area contributed by atoms with Gasteiger partial charge in [-0.2, -0.15) is 0 Å². The Morgan fingerprint density at radius 3 is 2.65 bits per heavy atom. The van der Waals surface area contributed by atoms with Gasteiger partial charge < -0.3 is 9.47 Å². The summed E-state index contributed by atoms with van der Waals surface area (Å²) in [6.45, 7) is 6.07. The third-order valence-corrected chi connectivity index (χ3v) is 5.81. The first-order chi connectivity index (χ1) is 11.1. The van der Waals surface area contributed by atoms with Crippen molar-refractivity contribution in [3.8, 4) is 0 Å². The summed E-state index contributed by atoms with van der Waals surface area (Å²) in [6.07, 6.45) is 5.91. The number of fused-ring (bicyclic) bond motifs is 1. The average molecular weight is 312 g/mol. The fourth-order valence-corrected chi connectivity index (χ4v) is 4.62. The van der Waals surface area contributed by atoms with E-state index in [9.17, 15) is 4.79 Å². The molecule has 2 saturated heterocycles. The van der Waals surface area contributed by atoms with Gasteiger partial charge >= 0.3 is 5.97 Å². The molecule has 1 spiro atoms. The third-order valence-electron chi connectivity index (χ3n) is 5.81. The molecule has 2 aliphatic heterocycles. The van der Waals surface area contributed by atoms with Gasteiger partial charge in [0.2, 0.25) is 0 Å². The van der Waals surface area contributed by atoms with Crippen LogP contribution < -0.4 is 0 Å². The Hall–Kier alpha value is -1.77. The summed E-state index contributed by atoms with van der Waals surface area (Å²) in [5.74, 6) is 1.11. The van der Waals surface area contributed by atoms with Gasteiger partial charge in [-0.25, -0.2) is 0 Å². The van der Waals surface area contributed by atoms with Gasteiger partial charge in [-0.05, 0) is 44.1 Å². The highest BCUT2D eigenvalue weighted by Crippen LogP contribution is 2.57. The molecule has 3 heteroatoms. The van der Waals surface area contributed by atoms with E-state index in [4.69, 9.17) is 9.47 Å². The molecule has 3 fully saturated rings. The minimum Gasteiger partial charge on any atom is -0.489 e. The standard InChI is InChI=1S/C20H24O3/c1-13-7-9-15(10-8-13)18-20(11-14(2)22-18)12-16-5-3-4-6-17(16)23-19(20)21/h7-10,16-18H,2-6,11-12H2,1H3/t16-,17+,18-,20-/m0/s1. The van der Waals surface area contributed by atoms with Crippen LogP contribution in [0.3, 0.4) is 0 Å². The van der Waals surface area contributed by atoms with Gasteiger partial charge in [0, 0.05) is 6.42 Å². The van der Waals surface area contributed by atoms with E-state index in [2.05, 4.69) is 37.8 Å². The molecular formula is C20H24O3. The van der Waals surface area contributed by atoms with E-state index in [1.165, 1.54) is 18.4 Å². The number of carbonyl (C=O) groups excluding carboxylic acids is 1. The second kappa shape index (κ2) is 5.40. The molecule has 0 aromatic heterocycles. The molecule has 1 aliphatic carbocycles. The van der Waals surface area contributed by atoms with Crippen LogP contribution in [0.1, 0.15) is 55.8 Å². The summed E-state index contributed by atoms with van der Waals surface area (Å²) in [5.41, 5.74) is 1.68. The molecule has 0 bridgehead atoms. The highest BCUT2D eigenvalue weighted by molar-refractivity contribution is 5.80. The molecular weight excluding hydrogens is 288 g/mol. The lowest BCUT2D eigenvalue weighted by molar-refractivity contribution is -0.185. The molecule has 1 aromatic carbocycles. The molecule has 0 N–H and O–H groups in total. The molecule has 0 unspecified atom stereocenters. The fraction of sp³-hybridized carbons (Fsp3) is 0.550. The zero-order chi connectivity index (χ0) is 16.0. The number of allylic oxidation sites excluding steroid dienone is 1. The van der Waals surface area contributed by atoms with Crippen LogP contribution in [-0.2, 0) is 14.3 Å². The summed E-state index contributed by atoms with van der Waals surface area (Å²) in [4.78, 5) is 12.9. The molecule has 122 valence electrons. The maximum Gasteiger partial charge on any atom is 0.316 e. The average Bonchev–Trinajstić information content (AvgIpc) is 2.86. The first kappa shape index (κ1) is 14.8. The predicted molar refractivity (Wildman–Crippen MR) is 87.7 cm³/mol. The van der Waals surface area contributed by atoms with Crippen LogP contribution in [0.15, 0.2) is 36.6 Å². The van der Waals surface area contributed by atoms with Crippen LogP contribution in [0.25, 0.3) is 0 Å². The smallest absolute Gasteiger partial charge is 0.316 e. The maximum absolute atomic E-state index is 12.9. The van der Waals surface area contributed by atoms with Gasteiger partial charge in [0.15, 0.2) is 0 Å². The van der Waals surface area contributed by atoms with Crippen molar-refractivity contribution in [2.24, 2.45) is 11.3 Å². The zero-order valence-electron chi connectivity index (χ0n) is 13.7. The van der Waals surface area contributed by atoms with Crippen molar-refractivity contribution in [3.05, 3.63) is 47.7 Å². The molecule has 0 amide bonds. The third kappa shape index (κ3) is 2.37. The lowest BCUT2D eigenvalue weighted by atomic mass is 9.66. The van der Waals surface area contributed by atoms with Gasteiger partial charge in [-0.3, -0.25) is 4.79 Å². The normalized spacial score (nSPS) is 36.5. The van der Waals surface area contributed by atoms with Crippen LogP contribution in [0.5, 0.6) is 0 Å². The summed E-state index contributed by atoms with van der Waals surface area (Å²) >= 11 is 0. The van der Waals surface area contributed by atoms with Crippen molar-refractivity contribution < 1.29 is 14.3 Å². The Morgan fingerprint density at radius 2 is 1.87 bits per heavy atom. The molecule has 3 aliphatic rings. The van der Waals surface area contributed by atoms with Gasteiger partial charge in [-0.1, -0.05) is 42.8 Å². The van der Waals surface area contributed by atoms with E-state index >= 15 is 0 Å².